The predicted molar refractivity (Wildman–Crippen MR) is 103 cm³/mol. The van der Waals surface area contributed by atoms with Crippen molar-refractivity contribution in [3.05, 3.63) is 65.9 Å². The molecule has 0 aliphatic carbocycles. The summed E-state index contributed by atoms with van der Waals surface area (Å²) in [6.45, 7) is 1.91. The first kappa shape index (κ1) is 16.4. The molecule has 0 radical (unpaired) electrons. The Kier molecular flexibility index (Phi) is 4.45. The fourth-order valence-electron chi connectivity index (χ4n) is 3.86. The number of aromatic nitrogens is 1. The molecule has 0 amide bonds. The van der Waals surface area contributed by atoms with Crippen LogP contribution in [0.1, 0.15) is 28.8 Å². The van der Waals surface area contributed by atoms with Crippen molar-refractivity contribution in [2.24, 2.45) is 0 Å². The van der Waals surface area contributed by atoms with Gasteiger partial charge in [-0.25, -0.2) is 0 Å². The highest BCUT2D eigenvalue weighted by Crippen LogP contribution is 2.28. The number of ketones is 1. The second kappa shape index (κ2) is 7.05. The summed E-state index contributed by atoms with van der Waals surface area (Å²) in [7, 11) is 0. The lowest BCUT2D eigenvalue weighted by molar-refractivity contribution is 0.1000. The molecule has 2 heterocycles. The molecular weight excluding hydrogens is 322 g/mol. The predicted octanol–water partition coefficient (Wildman–Crippen LogP) is 4.19. The number of para-hydroxylation sites is 2. The molecule has 26 heavy (non-hydrogen) atoms. The van der Waals surface area contributed by atoms with Crippen molar-refractivity contribution in [2.75, 3.05) is 18.0 Å². The molecule has 0 saturated carbocycles. The van der Waals surface area contributed by atoms with E-state index in [1.807, 2.05) is 41.1 Å². The molecule has 2 aromatic carbocycles. The van der Waals surface area contributed by atoms with E-state index in [0.717, 1.165) is 35.9 Å². The average Bonchev–Trinajstić information content (AvgIpc) is 3.05. The third-order valence-electron chi connectivity index (χ3n) is 5.09. The van der Waals surface area contributed by atoms with Crippen molar-refractivity contribution in [2.45, 2.75) is 25.8 Å². The molecule has 0 fully saturated rings. The van der Waals surface area contributed by atoms with Crippen molar-refractivity contribution in [1.82, 2.24) is 4.57 Å². The molecule has 0 N–H and O–H groups in total. The zero-order valence-electron chi connectivity index (χ0n) is 14.7. The summed E-state index contributed by atoms with van der Waals surface area (Å²) in [5.74, 6) is 0.133. The van der Waals surface area contributed by atoms with Crippen LogP contribution in [0, 0.1) is 11.3 Å². The van der Waals surface area contributed by atoms with Gasteiger partial charge in [0.1, 0.15) is 0 Å². The quantitative estimate of drug-likeness (QED) is 0.653. The number of anilines is 1. The van der Waals surface area contributed by atoms with Crippen molar-refractivity contribution in [3.63, 3.8) is 0 Å². The molecule has 3 aromatic rings. The van der Waals surface area contributed by atoms with Gasteiger partial charge in [-0.15, -0.1) is 0 Å². The Morgan fingerprint density at radius 2 is 1.92 bits per heavy atom. The van der Waals surface area contributed by atoms with Gasteiger partial charge in [-0.1, -0.05) is 36.4 Å². The van der Waals surface area contributed by atoms with Crippen molar-refractivity contribution in [1.29, 1.82) is 5.26 Å². The lowest BCUT2D eigenvalue weighted by Crippen LogP contribution is -2.34. The summed E-state index contributed by atoms with van der Waals surface area (Å²) in [5, 5.41) is 9.86. The minimum Gasteiger partial charge on any atom is -0.364 e. The first-order valence-electron chi connectivity index (χ1n) is 9.09. The molecule has 0 saturated heterocycles. The van der Waals surface area contributed by atoms with Crippen LogP contribution in [0.3, 0.4) is 0 Å². The van der Waals surface area contributed by atoms with E-state index in [4.69, 9.17) is 5.26 Å². The summed E-state index contributed by atoms with van der Waals surface area (Å²) in [4.78, 5) is 15.3. The minimum atomic E-state index is 0.133. The summed E-state index contributed by atoms with van der Waals surface area (Å²) in [5.41, 5.74) is 4.27. The number of benzene rings is 2. The molecule has 0 spiro atoms. The molecule has 1 aliphatic heterocycles. The molecular formula is C22H21N3O. The summed E-state index contributed by atoms with van der Waals surface area (Å²) in [6, 6.07) is 18.5. The number of Topliss-reactive ketones (excluding diaryl/α,β-unsaturated/α-hetero) is 1. The number of carbonyl (C=O) groups is 1. The number of hydrogen-bond donors (Lipinski definition) is 0. The van der Waals surface area contributed by atoms with Gasteiger partial charge < -0.3 is 9.47 Å². The van der Waals surface area contributed by atoms with Crippen molar-refractivity contribution >= 4 is 22.4 Å². The molecule has 130 valence electrons. The minimum absolute atomic E-state index is 0.133. The van der Waals surface area contributed by atoms with Crippen LogP contribution in [0.5, 0.6) is 0 Å². The van der Waals surface area contributed by atoms with E-state index in [1.165, 1.54) is 11.3 Å². The normalized spacial score (nSPS) is 13.4. The van der Waals surface area contributed by atoms with Gasteiger partial charge in [-0.3, -0.25) is 4.79 Å². The number of aryl methyl sites for hydroxylation is 2. The average molecular weight is 343 g/mol. The summed E-state index contributed by atoms with van der Waals surface area (Å²) in [6.07, 6.45) is 4.51. The topological polar surface area (TPSA) is 49.0 Å². The van der Waals surface area contributed by atoms with Gasteiger partial charge >= 0.3 is 0 Å². The van der Waals surface area contributed by atoms with Crippen LogP contribution in [0.25, 0.3) is 10.9 Å². The van der Waals surface area contributed by atoms with E-state index >= 15 is 0 Å². The van der Waals surface area contributed by atoms with Crippen molar-refractivity contribution < 1.29 is 4.79 Å². The largest absolute Gasteiger partial charge is 0.364 e. The van der Waals surface area contributed by atoms with Crippen LogP contribution in [-0.4, -0.2) is 23.4 Å². The van der Waals surface area contributed by atoms with E-state index in [9.17, 15) is 4.79 Å². The van der Waals surface area contributed by atoms with E-state index in [2.05, 4.69) is 29.2 Å². The molecule has 1 aliphatic rings. The first-order chi connectivity index (χ1) is 12.8. The number of hydrogen-bond acceptors (Lipinski definition) is 3. The highest BCUT2D eigenvalue weighted by molar-refractivity contribution is 6.10. The Morgan fingerprint density at radius 1 is 1.12 bits per heavy atom. The molecule has 0 atom stereocenters. The molecule has 4 rings (SSSR count). The lowest BCUT2D eigenvalue weighted by Gasteiger charge is -2.30. The smallest absolute Gasteiger partial charge is 0.184 e. The highest BCUT2D eigenvalue weighted by Gasteiger charge is 2.21. The van der Waals surface area contributed by atoms with Crippen LogP contribution >= 0.6 is 0 Å². The van der Waals surface area contributed by atoms with Gasteiger partial charge in [0, 0.05) is 41.4 Å². The van der Waals surface area contributed by atoms with E-state index in [1.54, 1.807) is 0 Å². The zero-order chi connectivity index (χ0) is 17.9. The van der Waals surface area contributed by atoms with Crippen molar-refractivity contribution in [3.8, 4) is 6.07 Å². The van der Waals surface area contributed by atoms with E-state index in [0.29, 0.717) is 19.5 Å². The summed E-state index contributed by atoms with van der Waals surface area (Å²) < 4.78 is 2.02. The number of nitriles is 1. The van der Waals surface area contributed by atoms with Crippen LogP contribution in [0.2, 0.25) is 0 Å². The van der Waals surface area contributed by atoms with Gasteiger partial charge in [0.25, 0.3) is 0 Å². The monoisotopic (exact) mass is 343 g/mol. The Hall–Kier alpha value is -3.06. The Balaban J connectivity index is 1.64. The third-order valence-corrected chi connectivity index (χ3v) is 5.09. The number of fused-ring (bicyclic) bond motifs is 2. The fraction of sp³-hybridized carbons (Fsp3) is 0.273. The second-order valence-electron chi connectivity index (χ2n) is 6.74. The fourth-order valence-corrected chi connectivity index (χ4v) is 3.86. The molecule has 0 unspecified atom stereocenters. The van der Waals surface area contributed by atoms with Gasteiger partial charge in [0.05, 0.1) is 19.0 Å². The molecule has 1 aromatic heterocycles. The molecule has 4 nitrogen and oxygen atoms in total. The van der Waals surface area contributed by atoms with Crippen LogP contribution in [0.4, 0.5) is 5.69 Å². The molecule has 0 bridgehead atoms. The Morgan fingerprint density at radius 3 is 2.81 bits per heavy atom. The highest BCUT2D eigenvalue weighted by atomic mass is 16.1. The summed E-state index contributed by atoms with van der Waals surface area (Å²) >= 11 is 0. The zero-order valence-corrected chi connectivity index (χ0v) is 14.7. The third kappa shape index (κ3) is 2.97. The van der Waals surface area contributed by atoms with Gasteiger partial charge in [-0.05, 0) is 30.5 Å². The lowest BCUT2D eigenvalue weighted by atomic mass is 10.0. The number of nitrogens with zero attached hydrogens (tertiary/aromatic N) is 3. The Labute approximate surface area is 153 Å². The first-order valence-corrected chi connectivity index (χ1v) is 9.09. The number of rotatable bonds is 5. The van der Waals surface area contributed by atoms with Gasteiger partial charge in [0.15, 0.2) is 5.78 Å². The van der Waals surface area contributed by atoms with E-state index in [-0.39, 0.29) is 5.78 Å². The number of carbonyl (C=O) groups excluding carboxylic acids is 1. The second-order valence-corrected chi connectivity index (χ2v) is 6.74. The van der Waals surface area contributed by atoms with Gasteiger partial charge in [0.2, 0.25) is 0 Å². The van der Waals surface area contributed by atoms with Crippen LogP contribution in [-0.2, 0) is 13.0 Å². The van der Waals surface area contributed by atoms with Crippen LogP contribution in [0.15, 0.2) is 54.7 Å². The SMILES string of the molecule is N#CCCn1cc(C(=O)CN2CCCc3ccccc32)c2ccccc21. The van der Waals surface area contributed by atoms with Gasteiger partial charge in [-0.2, -0.15) is 5.26 Å². The maximum atomic E-state index is 13.1. The Bertz CT molecular complexity index is 996. The molecule has 4 heteroatoms. The maximum Gasteiger partial charge on any atom is 0.184 e. The van der Waals surface area contributed by atoms with E-state index < -0.39 is 0 Å². The maximum absolute atomic E-state index is 13.1. The van der Waals surface area contributed by atoms with Crippen LogP contribution < -0.4 is 4.90 Å². The standard InChI is InChI=1S/C22H21N3O/c23-12-6-14-24-15-19(18-9-2-4-11-21(18)24)22(26)16-25-13-5-8-17-7-1-3-10-20(17)25/h1-4,7,9-11,15H,5-6,8,13-14,16H2.